The van der Waals surface area contributed by atoms with Crippen molar-refractivity contribution in [2.24, 2.45) is 0 Å². The van der Waals surface area contributed by atoms with E-state index in [2.05, 4.69) is 17.4 Å². The van der Waals surface area contributed by atoms with E-state index in [1.165, 1.54) is 0 Å². The molecule has 7 heteroatoms. The van der Waals surface area contributed by atoms with E-state index in [0.717, 1.165) is 27.8 Å². The Morgan fingerprint density at radius 2 is 1.56 bits per heavy atom. The number of carbonyl (C=O) groups excluding carboxylic acids is 2. The number of amides is 1. The van der Waals surface area contributed by atoms with E-state index >= 15 is 0 Å². The van der Waals surface area contributed by atoms with Crippen molar-refractivity contribution in [3.8, 4) is 11.1 Å². The summed E-state index contributed by atoms with van der Waals surface area (Å²) in [5, 5.41) is 14.6. The summed E-state index contributed by atoms with van der Waals surface area (Å²) in [5.41, 5.74) is 5.20. The maximum atomic E-state index is 12.5. The fourth-order valence-corrected chi connectivity index (χ4v) is 4.45. The normalized spacial score (nSPS) is 13.2. The molecule has 32 heavy (non-hydrogen) atoms. The molecule has 0 heterocycles. The monoisotopic (exact) mass is 468 g/mol. The molecule has 1 atom stereocenters. The number of carboxylic acid groups (broad SMARTS) is 1. The molecule has 0 radical (unpaired) electrons. The van der Waals surface area contributed by atoms with Gasteiger partial charge in [-0.25, -0.2) is 4.79 Å². The van der Waals surface area contributed by atoms with Crippen molar-refractivity contribution in [3.05, 3.63) is 93.5 Å². The largest absolute Gasteiger partial charge is 0.550 e. The quantitative estimate of drug-likeness (QED) is 0.550. The molecule has 0 aliphatic heterocycles. The Bertz CT molecular complexity index is 1120. The zero-order valence-corrected chi connectivity index (χ0v) is 18.5. The second-order valence-corrected chi connectivity index (χ2v) is 8.51. The fraction of sp³-hybridized carbons (Fsp3) is 0.200. The number of halogens is 2. The van der Waals surface area contributed by atoms with Gasteiger partial charge in [0.05, 0.1) is 10.0 Å². The molecule has 5 nitrogen and oxygen atoms in total. The highest BCUT2D eigenvalue weighted by Crippen LogP contribution is 2.44. The number of alkyl carbamates (subject to hydrolysis) is 1. The van der Waals surface area contributed by atoms with Gasteiger partial charge in [0.15, 0.2) is 0 Å². The van der Waals surface area contributed by atoms with Crippen LogP contribution in [-0.4, -0.2) is 24.7 Å². The molecule has 164 valence electrons. The topological polar surface area (TPSA) is 78.5 Å². The summed E-state index contributed by atoms with van der Waals surface area (Å²) in [7, 11) is 0. The number of aliphatic carboxylic acids is 1. The predicted molar refractivity (Wildman–Crippen MR) is 122 cm³/mol. The van der Waals surface area contributed by atoms with Crippen LogP contribution in [0.1, 0.15) is 29.0 Å². The summed E-state index contributed by atoms with van der Waals surface area (Å²) in [5.74, 6) is -1.35. The Morgan fingerprint density at radius 1 is 0.938 bits per heavy atom. The predicted octanol–water partition coefficient (Wildman–Crippen LogP) is 4.58. The highest BCUT2D eigenvalue weighted by molar-refractivity contribution is 6.42. The molecule has 0 aromatic heterocycles. The van der Waals surface area contributed by atoms with Gasteiger partial charge >= 0.3 is 6.09 Å². The SMILES string of the molecule is O=C([O-])C[C@H](Cc1ccc(Cl)c(Cl)c1)NC(=O)OCC1c2ccccc2-c2ccccc21. The average Bonchev–Trinajstić information content (AvgIpc) is 3.08. The molecule has 3 aromatic rings. The van der Waals surface area contributed by atoms with E-state index < -0.39 is 18.1 Å². The fourth-order valence-electron chi connectivity index (χ4n) is 4.13. The summed E-state index contributed by atoms with van der Waals surface area (Å²) in [6.07, 6.45) is -0.794. The third-order valence-electron chi connectivity index (χ3n) is 5.54. The lowest BCUT2D eigenvalue weighted by Crippen LogP contribution is -2.41. The van der Waals surface area contributed by atoms with E-state index in [4.69, 9.17) is 27.9 Å². The van der Waals surface area contributed by atoms with Crippen molar-refractivity contribution in [1.82, 2.24) is 5.32 Å². The third kappa shape index (κ3) is 4.90. The first-order chi connectivity index (χ1) is 15.4. The number of benzene rings is 3. The number of hydrogen-bond donors (Lipinski definition) is 1. The first-order valence-electron chi connectivity index (χ1n) is 10.2. The summed E-state index contributed by atoms with van der Waals surface area (Å²) < 4.78 is 5.52. The molecule has 0 bridgehead atoms. The van der Waals surface area contributed by atoms with Crippen LogP contribution < -0.4 is 10.4 Å². The van der Waals surface area contributed by atoms with E-state index in [1.54, 1.807) is 18.2 Å². The minimum Gasteiger partial charge on any atom is -0.550 e. The van der Waals surface area contributed by atoms with Gasteiger partial charge in [0.1, 0.15) is 6.61 Å². The molecule has 0 unspecified atom stereocenters. The zero-order chi connectivity index (χ0) is 22.7. The minimum absolute atomic E-state index is 0.0807. The lowest BCUT2D eigenvalue weighted by molar-refractivity contribution is -0.306. The van der Waals surface area contributed by atoms with Gasteiger partial charge in [-0.1, -0.05) is 77.8 Å². The molecule has 0 fully saturated rings. The molecule has 0 saturated heterocycles. The van der Waals surface area contributed by atoms with Crippen LogP contribution in [0.2, 0.25) is 10.0 Å². The highest BCUT2D eigenvalue weighted by atomic mass is 35.5. The molecule has 0 spiro atoms. The van der Waals surface area contributed by atoms with E-state index in [-0.39, 0.29) is 25.4 Å². The summed E-state index contributed by atoms with van der Waals surface area (Å²) in [6, 6.07) is 20.4. The first kappa shape index (κ1) is 22.2. The minimum atomic E-state index is -1.27. The smallest absolute Gasteiger partial charge is 0.407 e. The van der Waals surface area contributed by atoms with Gasteiger partial charge in [-0.3, -0.25) is 0 Å². The number of carbonyl (C=O) groups is 2. The number of hydrogen-bond acceptors (Lipinski definition) is 4. The van der Waals surface area contributed by atoms with E-state index in [0.29, 0.717) is 10.0 Å². The Kier molecular flexibility index (Phi) is 6.68. The van der Waals surface area contributed by atoms with Crippen LogP contribution >= 0.6 is 23.2 Å². The second-order valence-electron chi connectivity index (χ2n) is 7.70. The zero-order valence-electron chi connectivity index (χ0n) is 17.0. The van der Waals surface area contributed by atoms with Crippen molar-refractivity contribution in [3.63, 3.8) is 0 Å². The highest BCUT2D eigenvalue weighted by Gasteiger charge is 2.29. The van der Waals surface area contributed by atoms with Gasteiger partial charge < -0.3 is 20.0 Å². The standard InChI is InChI=1S/C25H21Cl2NO4/c26-22-10-9-15(12-23(22)27)11-16(13-24(29)30)28-25(31)32-14-21-19-7-3-1-5-17(19)18-6-2-4-8-20(18)21/h1-10,12,16,21H,11,13-14H2,(H,28,31)(H,29,30)/p-1/t16-/m0/s1. The molecule has 1 aliphatic carbocycles. The molecule has 1 amide bonds. The van der Waals surface area contributed by atoms with Crippen LogP contribution in [0.25, 0.3) is 11.1 Å². The summed E-state index contributed by atoms with van der Waals surface area (Å²) in [4.78, 5) is 23.7. The number of nitrogens with one attached hydrogen (secondary N) is 1. The van der Waals surface area contributed by atoms with Crippen molar-refractivity contribution in [1.29, 1.82) is 0 Å². The molecule has 4 rings (SSSR count). The second kappa shape index (κ2) is 9.63. The van der Waals surface area contributed by atoms with Crippen molar-refractivity contribution in [2.75, 3.05) is 6.61 Å². The maximum Gasteiger partial charge on any atom is 0.407 e. The van der Waals surface area contributed by atoms with Gasteiger partial charge in [0.2, 0.25) is 0 Å². The lowest BCUT2D eigenvalue weighted by Gasteiger charge is -2.21. The first-order valence-corrected chi connectivity index (χ1v) is 10.9. The molecule has 1 aliphatic rings. The summed E-state index contributed by atoms with van der Waals surface area (Å²) >= 11 is 12.0. The van der Waals surface area contributed by atoms with Gasteiger partial charge in [0.25, 0.3) is 0 Å². The number of fused-ring (bicyclic) bond motifs is 3. The van der Waals surface area contributed by atoms with Crippen LogP contribution in [0, 0.1) is 0 Å². The van der Waals surface area contributed by atoms with Gasteiger partial charge in [-0.15, -0.1) is 0 Å². The molecular weight excluding hydrogens is 449 g/mol. The molecule has 3 aromatic carbocycles. The van der Waals surface area contributed by atoms with Crippen molar-refractivity contribution in [2.45, 2.75) is 24.8 Å². The Hall–Kier alpha value is -3.02. The lowest BCUT2D eigenvalue weighted by atomic mass is 9.98. The van der Waals surface area contributed by atoms with Crippen LogP contribution in [0.3, 0.4) is 0 Å². The molecule has 0 saturated carbocycles. The van der Waals surface area contributed by atoms with E-state index in [9.17, 15) is 14.7 Å². The average molecular weight is 469 g/mol. The third-order valence-corrected chi connectivity index (χ3v) is 6.28. The summed E-state index contributed by atoms with van der Waals surface area (Å²) in [6.45, 7) is 0.144. The van der Waals surface area contributed by atoms with Gasteiger partial charge in [0, 0.05) is 24.3 Å². The Balaban J connectivity index is 1.43. The van der Waals surface area contributed by atoms with Gasteiger partial charge in [-0.2, -0.15) is 0 Å². The van der Waals surface area contributed by atoms with Crippen LogP contribution in [0.4, 0.5) is 4.79 Å². The number of carboxylic acids is 1. The molecule has 1 N–H and O–H groups in total. The van der Waals surface area contributed by atoms with Crippen LogP contribution in [0.15, 0.2) is 66.7 Å². The van der Waals surface area contributed by atoms with Crippen molar-refractivity contribution >= 4 is 35.3 Å². The van der Waals surface area contributed by atoms with Crippen LogP contribution in [-0.2, 0) is 16.0 Å². The maximum absolute atomic E-state index is 12.5. The Labute approximate surface area is 195 Å². The molecular formula is C25H20Cl2NO4-. The van der Waals surface area contributed by atoms with Gasteiger partial charge in [-0.05, 0) is 46.4 Å². The number of rotatable bonds is 7. The van der Waals surface area contributed by atoms with Crippen molar-refractivity contribution < 1.29 is 19.4 Å². The van der Waals surface area contributed by atoms with E-state index in [1.807, 2.05) is 36.4 Å². The number of ether oxygens (including phenoxy) is 1. The van der Waals surface area contributed by atoms with Crippen LogP contribution in [0.5, 0.6) is 0 Å². The Morgan fingerprint density at radius 3 is 2.16 bits per heavy atom.